The van der Waals surface area contributed by atoms with Gasteiger partial charge in [0.2, 0.25) is 21.8 Å². The van der Waals surface area contributed by atoms with Gasteiger partial charge in [0.05, 0.1) is 18.6 Å². The van der Waals surface area contributed by atoms with Crippen molar-refractivity contribution in [3.05, 3.63) is 94.5 Å². The zero-order valence-corrected chi connectivity index (χ0v) is 27.9. The first kappa shape index (κ1) is 34.1. The van der Waals surface area contributed by atoms with Crippen molar-refractivity contribution in [2.45, 2.75) is 65.1 Å². The molecule has 1 N–H and O–H groups in total. The third-order valence-electron chi connectivity index (χ3n) is 6.62. The molecular weight excluding hydrogens is 630 g/mol. The van der Waals surface area contributed by atoms with Gasteiger partial charge in [0.25, 0.3) is 0 Å². The number of ether oxygens (including phenoxy) is 1. The van der Waals surface area contributed by atoms with Gasteiger partial charge >= 0.3 is 0 Å². The van der Waals surface area contributed by atoms with E-state index >= 15 is 0 Å². The summed E-state index contributed by atoms with van der Waals surface area (Å²) in [6, 6.07) is 23.4. The molecular formula is C33H42BrN3O5S. The lowest BCUT2D eigenvalue weighted by Gasteiger charge is -2.34. The fraction of sp³-hybridized carbons (Fsp3) is 0.394. The van der Waals surface area contributed by atoms with E-state index in [-0.39, 0.29) is 37.7 Å². The zero-order valence-electron chi connectivity index (χ0n) is 25.5. The van der Waals surface area contributed by atoms with Crippen molar-refractivity contribution in [1.29, 1.82) is 0 Å². The number of nitrogens with zero attached hydrogens (tertiary/aromatic N) is 2. The number of carbonyl (C=O) groups excluding carboxylic acids is 2. The summed E-state index contributed by atoms with van der Waals surface area (Å²) < 4.78 is 33.5. The van der Waals surface area contributed by atoms with Gasteiger partial charge in [0.15, 0.2) is 0 Å². The van der Waals surface area contributed by atoms with Crippen LogP contribution < -0.4 is 14.4 Å². The Hall–Kier alpha value is -3.37. The van der Waals surface area contributed by atoms with Crippen molar-refractivity contribution in [1.82, 2.24) is 10.2 Å². The van der Waals surface area contributed by atoms with Gasteiger partial charge < -0.3 is 15.0 Å². The molecule has 0 aromatic heterocycles. The molecule has 8 nitrogen and oxygen atoms in total. The number of halogens is 1. The van der Waals surface area contributed by atoms with Gasteiger partial charge in [0.1, 0.15) is 11.8 Å². The first-order valence-corrected chi connectivity index (χ1v) is 17.0. The van der Waals surface area contributed by atoms with Crippen molar-refractivity contribution in [3.63, 3.8) is 0 Å². The van der Waals surface area contributed by atoms with Crippen LogP contribution in [-0.2, 0) is 32.6 Å². The van der Waals surface area contributed by atoms with E-state index in [4.69, 9.17) is 4.74 Å². The molecule has 0 radical (unpaired) electrons. The van der Waals surface area contributed by atoms with Crippen LogP contribution >= 0.6 is 15.9 Å². The minimum absolute atomic E-state index is 0.0490. The van der Waals surface area contributed by atoms with Crippen LogP contribution in [0.15, 0.2) is 83.3 Å². The molecule has 43 heavy (non-hydrogen) atoms. The fourth-order valence-corrected chi connectivity index (χ4v) is 5.95. The second-order valence-electron chi connectivity index (χ2n) is 11.4. The molecule has 232 valence electrons. The highest BCUT2D eigenvalue weighted by molar-refractivity contribution is 9.10. The van der Waals surface area contributed by atoms with Crippen molar-refractivity contribution in [2.75, 3.05) is 23.7 Å². The van der Waals surface area contributed by atoms with Crippen LogP contribution in [0.1, 0.15) is 51.7 Å². The normalized spacial score (nSPS) is 12.3. The average molecular weight is 673 g/mol. The number of rotatable bonds is 14. The largest absolute Gasteiger partial charge is 0.492 e. The molecule has 0 spiro atoms. The van der Waals surface area contributed by atoms with Gasteiger partial charge in [-0.2, -0.15) is 0 Å². The molecule has 0 unspecified atom stereocenters. The van der Waals surface area contributed by atoms with E-state index in [9.17, 15) is 18.0 Å². The first-order valence-electron chi connectivity index (χ1n) is 14.4. The summed E-state index contributed by atoms with van der Waals surface area (Å²) in [5.74, 6) is -0.0231. The van der Waals surface area contributed by atoms with Gasteiger partial charge in [-0.3, -0.25) is 13.9 Å². The summed E-state index contributed by atoms with van der Waals surface area (Å²) in [5.41, 5.74) is 1.74. The molecule has 3 aromatic rings. The number of sulfonamides is 1. The molecule has 0 aliphatic rings. The van der Waals surface area contributed by atoms with Crippen LogP contribution in [0.5, 0.6) is 5.75 Å². The Labute approximate surface area is 264 Å². The van der Waals surface area contributed by atoms with Crippen molar-refractivity contribution < 1.29 is 22.7 Å². The first-order chi connectivity index (χ1) is 20.3. The molecule has 0 bridgehead atoms. The Morgan fingerprint density at radius 3 is 2.16 bits per heavy atom. The topological polar surface area (TPSA) is 96.0 Å². The highest BCUT2D eigenvalue weighted by Gasteiger charge is 2.32. The van der Waals surface area contributed by atoms with Crippen LogP contribution in [0.4, 0.5) is 5.69 Å². The lowest BCUT2D eigenvalue weighted by molar-refractivity contribution is -0.142. The van der Waals surface area contributed by atoms with E-state index in [1.807, 2.05) is 82.3 Å². The molecule has 0 aliphatic carbocycles. The molecule has 3 rings (SSSR count). The molecule has 0 saturated carbocycles. The molecule has 2 amide bonds. The Bertz CT molecular complexity index is 1460. The van der Waals surface area contributed by atoms with Crippen LogP contribution in [0.3, 0.4) is 0 Å². The van der Waals surface area contributed by atoms with Gasteiger partial charge in [0, 0.05) is 35.9 Å². The second kappa shape index (κ2) is 15.4. The van der Waals surface area contributed by atoms with Crippen LogP contribution in [0.2, 0.25) is 0 Å². The van der Waals surface area contributed by atoms with Crippen molar-refractivity contribution in [3.8, 4) is 5.75 Å². The summed E-state index contributed by atoms with van der Waals surface area (Å²) in [5, 5.41) is 3.06. The van der Waals surface area contributed by atoms with Gasteiger partial charge in [-0.15, -0.1) is 0 Å². The number of anilines is 1. The predicted molar refractivity (Wildman–Crippen MR) is 176 cm³/mol. The Balaban J connectivity index is 1.91. The lowest BCUT2D eigenvalue weighted by atomic mass is 10.00. The summed E-state index contributed by atoms with van der Waals surface area (Å²) >= 11 is 3.46. The number of carbonyl (C=O) groups is 2. The monoisotopic (exact) mass is 671 g/mol. The fourth-order valence-electron chi connectivity index (χ4n) is 4.72. The van der Waals surface area contributed by atoms with E-state index in [0.29, 0.717) is 24.5 Å². The van der Waals surface area contributed by atoms with E-state index in [1.165, 1.54) is 4.31 Å². The maximum Gasteiger partial charge on any atom is 0.243 e. The molecule has 0 saturated heterocycles. The van der Waals surface area contributed by atoms with Gasteiger partial charge in [-0.25, -0.2) is 8.42 Å². The molecule has 0 aliphatic heterocycles. The highest BCUT2D eigenvalue weighted by atomic mass is 79.9. The maximum atomic E-state index is 14.0. The molecule has 1 atom stereocenters. The summed E-state index contributed by atoms with van der Waals surface area (Å²) in [7, 11) is -3.66. The number of para-hydroxylation sites is 2. The van der Waals surface area contributed by atoms with Gasteiger partial charge in [-0.1, -0.05) is 70.5 Å². The van der Waals surface area contributed by atoms with E-state index in [2.05, 4.69) is 21.2 Å². The lowest BCUT2D eigenvalue weighted by Crippen LogP contribution is -2.54. The van der Waals surface area contributed by atoms with Crippen LogP contribution in [0, 0.1) is 0 Å². The third kappa shape index (κ3) is 10.7. The van der Waals surface area contributed by atoms with E-state index in [0.717, 1.165) is 21.9 Å². The zero-order chi connectivity index (χ0) is 31.6. The minimum Gasteiger partial charge on any atom is -0.492 e. The average Bonchev–Trinajstić information content (AvgIpc) is 2.93. The van der Waals surface area contributed by atoms with E-state index in [1.54, 1.807) is 29.2 Å². The SMILES string of the molecule is CCOc1ccccc1N(CCCC(=O)N(Cc1ccc(Br)cc1)[C@H](Cc1ccccc1)C(=O)NC(C)(C)C)S(C)(=O)=O. The maximum absolute atomic E-state index is 14.0. The van der Waals surface area contributed by atoms with Gasteiger partial charge in [-0.05, 0) is 69.5 Å². The Kier molecular flexibility index (Phi) is 12.2. The van der Waals surface area contributed by atoms with Crippen LogP contribution in [-0.4, -0.2) is 56.1 Å². The summed E-state index contributed by atoms with van der Waals surface area (Å²) in [6.07, 6.45) is 1.78. The van der Waals surface area contributed by atoms with Crippen molar-refractivity contribution in [2.24, 2.45) is 0 Å². The summed E-state index contributed by atoms with van der Waals surface area (Å²) in [4.78, 5) is 29.4. The minimum atomic E-state index is -3.66. The standard InChI is InChI=1S/C33H42BrN3O5S/c1-6-42-30-16-11-10-15-28(30)37(43(5,40)41)22-12-17-31(38)36(24-26-18-20-27(34)21-19-26)29(32(39)35-33(2,3)4)23-25-13-8-7-9-14-25/h7-11,13-16,18-21,29H,6,12,17,22-24H2,1-5H3,(H,35,39)/t29-/m1/s1. The highest BCUT2D eigenvalue weighted by Crippen LogP contribution is 2.30. The third-order valence-corrected chi connectivity index (χ3v) is 8.33. The molecule has 0 heterocycles. The quantitative estimate of drug-likeness (QED) is 0.229. The number of nitrogens with one attached hydrogen (secondary N) is 1. The smallest absolute Gasteiger partial charge is 0.243 e. The van der Waals surface area contributed by atoms with E-state index < -0.39 is 21.6 Å². The van der Waals surface area contributed by atoms with Crippen molar-refractivity contribution >= 4 is 43.5 Å². The van der Waals surface area contributed by atoms with Crippen LogP contribution in [0.25, 0.3) is 0 Å². The molecule has 0 fully saturated rings. The predicted octanol–water partition coefficient (Wildman–Crippen LogP) is 5.95. The number of amides is 2. The number of benzene rings is 3. The number of hydrogen-bond acceptors (Lipinski definition) is 5. The Morgan fingerprint density at radius 2 is 1.56 bits per heavy atom. The Morgan fingerprint density at radius 1 is 0.930 bits per heavy atom. The second-order valence-corrected chi connectivity index (χ2v) is 14.3. The number of hydrogen-bond donors (Lipinski definition) is 1. The molecule has 3 aromatic carbocycles. The summed E-state index contributed by atoms with van der Waals surface area (Å²) in [6.45, 7) is 8.25. The molecule has 10 heteroatoms.